The van der Waals surface area contributed by atoms with E-state index in [0.717, 1.165) is 11.8 Å². The lowest BCUT2D eigenvalue weighted by Crippen LogP contribution is -2.55. The zero-order chi connectivity index (χ0) is 15.0. The topological polar surface area (TPSA) is 0 Å². The molecule has 2 rings (SSSR count). The average molecular weight is 295 g/mol. The summed E-state index contributed by atoms with van der Waals surface area (Å²) in [6, 6.07) is 0. The first-order valence-electron chi connectivity index (χ1n) is 10.1. The summed E-state index contributed by atoms with van der Waals surface area (Å²) in [5.74, 6) is 2.10. The fourth-order valence-corrected chi connectivity index (χ4v) is 5.03. The van der Waals surface area contributed by atoms with Crippen LogP contribution in [0.15, 0.2) is 0 Å². The normalized spacial score (nSPS) is 23.0. The van der Waals surface area contributed by atoms with Crippen molar-refractivity contribution in [1.82, 2.24) is 0 Å². The van der Waals surface area contributed by atoms with Crippen molar-refractivity contribution in [1.29, 1.82) is 0 Å². The second-order valence-electron chi connectivity index (χ2n) is 8.11. The summed E-state index contributed by atoms with van der Waals surface area (Å²) in [6.45, 7) is 10.7. The number of piperidine rings is 2. The lowest BCUT2D eigenvalue weighted by molar-refractivity contribution is -0.937. The Morgan fingerprint density at radius 1 is 0.810 bits per heavy atom. The minimum Gasteiger partial charge on any atom is -0.324 e. The third kappa shape index (κ3) is 5.58. The van der Waals surface area contributed by atoms with Crippen molar-refractivity contribution in [2.75, 3.05) is 26.2 Å². The van der Waals surface area contributed by atoms with Crippen LogP contribution in [0.25, 0.3) is 0 Å². The molecule has 0 radical (unpaired) electrons. The fourth-order valence-electron chi connectivity index (χ4n) is 5.03. The molecule has 0 N–H and O–H groups in total. The van der Waals surface area contributed by atoms with Gasteiger partial charge in [0.1, 0.15) is 0 Å². The second kappa shape index (κ2) is 9.18. The van der Waals surface area contributed by atoms with E-state index in [1.165, 1.54) is 108 Å². The molecule has 1 spiro atoms. The Kier molecular flexibility index (Phi) is 7.57. The van der Waals surface area contributed by atoms with Crippen molar-refractivity contribution < 1.29 is 4.48 Å². The maximum Gasteiger partial charge on any atom is 0.0789 e. The number of hydrogen-bond donors (Lipinski definition) is 0. The molecule has 0 saturated carbocycles. The molecular formula is C20H40N+. The van der Waals surface area contributed by atoms with Gasteiger partial charge in [0.05, 0.1) is 26.2 Å². The first-order valence-corrected chi connectivity index (χ1v) is 10.1. The zero-order valence-corrected chi connectivity index (χ0v) is 14.9. The largest absolute Gasteiger partial charge is 0.324 e. The Labute approximate surface area is 134 Å². The van der Waals surface area contributed by atoms with Crippen LogP contribution in [0.2, 0.25) is 0 Å². The van der Waals surface area contributed by atoms with Gasteiger partial charge in [0.15, 0.2) is 0 Å². The minimum absolute atomic E-state index is 1.03. The highest BCUT2D eigenvalue weighted by Crippen LogP contribution is 2.31. The highest BCUT2D eigenvalue weighted by molar-refractivity contribution is 4.69. The maximum absolute atomic E-state index is 2.35. The Balaban J connectivity index is 1.62. The Morgan fingerprint density at radius 3 is 2.00 bits per heavy atom. The van der Waals surface area contributed by atoms with Gasteiger partial charge in [0.2, 0.25) is 0 Å². The Morgan fingerprint density at radius 2 is 1.43 bits per heavy atom. The molecule has 2 fully saturated rings. The number of rotatable bonds is 8. The van der Waals surface area contributed by atoms with Gasteiger partial charge >= 0.3 is 0 Å². The summed E-state index contributed by atoms with van der Waals surface area (Å²) < 4.78 is 1.50. The summed E-state index contributed by atoms with van der Waals surface area (Å²) >= 11 is 0. The molecule has 1 heteroatoms. The van der Waals surface area contributed by atoms with Crippen molar-refractivity contribution in [3.63, 3.8) is 0 Å². The van der Waals surface area contributed by atoms with Crippen LogP contribution in [-0.4, -0.2) is 30.7 Å². The number of nitrogens with zero attached hydrogens (tertiary/aromatic N) is 1. The summed E-state index contributed by atoms with van der Waals surface area (Å²) in [5, 5.41) is 0. The monoisotopic (exact) mass is 294 g/mol. The van der Waals surface area contributed by atoms with E-state index in [0.29, 0.717) is 0 Å². The van der Waals surface area contributed by atoms with E-state index in [4.69, 9.17) is 0 Å². The molecule has 2 aliphatic rings. The van der Waals surface area contributed by atoms with E-state index in [1.807, 2.05) is 0 Å². The van der Waals surface area contributed by atoms with Crippen LogP contribution in [0.5, 0.6) is 0 Å². The van der Waals surface area contributed by atoms with Crippen LogP contribution in [0.3, 0.4) is 0 Å². The predicted octanol–water partition coefficient (Wildman–Crippen LogP) is 5.78. The highest BCUT2D eigenvalue weighted by atomic mass is 15.4. The molecule has 0 aromatic carbocycles. The van der Waals surface area contributed by atoms with Crippen molar-refractivity contribution in [2.24, 2.45) is 11.8 Å². The van der Waals surface area contributed by atoms with Crippen LogP contribution in [-0.2, 0) is 0 Å². The summed E-state index contributed by atoms with van der Waals surface area (Å²) in [4.78, 5) is 0. The Hall–Kier alpha value is -0.0400. The zero-order valence-electron chi connectivity index (χ0n) is 14.9. The third-order valence-electron chi connectivity index (χ3n) is 6.41. The first kappa shape index (κ1) is 17.3. The molecule has 0 unspecified atom stereocenters. The fraction of sp³-hybridized carbons (Fsp3) is 1.00. The molecule has 0 aromatic heterocycles. The van der Waals surface area contributed by atoms with E-state index >= 15 is 0 Å². The first-order chi connectivity index (χ1) is 10.3. The highest BCUT2D eigenvalue weighted by Gasteiger charge is 2.34. The lowest BCUT2D eigenvalue weighted by Gasteiger charge is -2.46. The minimum atomic E-state index is 1.03. The molecule has 2 heterocycles. The lowest BCUT2D eigenvalue weighted by atomic mass is 9.86. The smallest absolute Gasteiger partial charge is 0.0789 e. The third-order valence-corrected chi connectivity index (χ3v) is 6.41. The van der Waals surface area contributed by atoms with Crippen molar-refractivity contribution in [3.05, 3.63) is 0 Å². The van der Waals surface area contributed by atoms with Gasteiger partial charge in [-0.1, -0.05) is 58.8 Å². The summed E-state index contributed by atoms with van der Waals surface area (Å²) in [5.41, 5.74) is 0. The molecule has 1 nitrogen and oxygen atoms in total. The molecule has 0 amide bonds. The Bertz CT molecular complexity index is 251. The molecule has 0 aromatic rings. The number of quaternary nitrogens is 1. The van der Waals surface area contributed by atoms with E-state index in [2.05, 4.69) is 13.8 Å². The predicted molar refractivity (Wildman–Crippen MR) is 93.5 cm³/mol. The summed E-state index contributed by atoms with van der Waals surface area (Å²) in [6.07, 6.45) is 17.8. The van der Waals surface area contributed by atoms with E-state index in [-0.39, 0.29) is 0 Å². The molecule has 124 valence electrons. The van der Waals surface area contributed by atoms with Crippen molar-refractivity contribution in [3.8, 4) is 0 Å². The molecule has 0 atom stereocenters. The van der Waals surface area contributed by atoms with Gasteiger partial charge in [0.25, 0.3) is 0 Å². The second-order valence-corrected chi connectivity index (χ2v) is 8.11. The van der Waals surface area contributed by atoms with Crippen LogP contribution >= 0.6 is 0 Å². The van der Waals surface area contributed by atoms with Gasteiger partial charge in [0, 0.05) is 0 Å². The van der Waals surface area contributed by atoms with Crippen LogP contribution in [0.4, 0.5) is 0 Å². The maximum atomic E-state index is 2.35. The standard InChI is InChI=1S/C20H40N/c1-3-9-19(10-4-2)11-8-12-20-13-17-21(18-14-20)15-6-5-7-16-21/h19-20H,3-18H2,1-2H3/q+1. The van der Waals surface area contributed by atoms with Gasteiger partial charge in [-0.25, -0.2) is 0 Å². The SMILES string of the molecule is CCCC(CCC)CCCC1CC[N+]2(CCCCC2)CC1. The van der Waals surface area contributed by atoms with Gasteiger partial charge in [-0.3, -0.25) is 0 Å². The average Bonchev–Trinajstić information content (AvgIpc) is 2.51. The molecular weight excluding hydrogens is 254 g/mol. The van der Waals surface area contributed by atoms with Gasteiger partial charge in [-0.15, -0.1) is 0 Å². The van der Waals surface area contributed by atoms with E-state index in [1.54, 1.807) is 0 Å². The number of hydrogen-bond acceptors (Lipinski definition) is 0. The molecule has 2 saturated heterocycles. The van der Waals surface area contributed by atoms with Crippen molar-refractivity contribution in [2.45, 2.75) is 90.9 Å². The van der Waals surface area contributed by atoms with Gasteiger partial charge in [-0.05, 0) is 43.9 Å². The molecule has 2 aliphatic heterocycles. The summed E-state index contributed by atoms with van der Waals surface area (Å²) in [7, 11) is 0. The molecule has 0 bridgehead atoms. The molecule has 0 aliphatic carbocycles. The van der Waals surface area contributed by atoms with E-state index < -0.39 is 0 Å². The van der Waals surface area contributed by atoms with E-state index in [9.17, 15) is 0 Å². The molecule has 21 heavy (non-hydrogen) atoms. The van der Waals surface area contributed by atoms with Crippen LogP contribution in [0.1, 0.15) is 90.9 Å². The van der Waals surface area contributed by atoms with Gasteiger partial charge in [-0.2, -0.15) is 0 Å². The van der Waals surface area contributed by atoms with Crippen LogP contribution in [0, 0.1) is 11.8 Å². The quantitative estimate of drug-likeness (QED) is 0.497. The van der Waals surface area contributed by atoms with Crippen LogP contribution < -0.4 is 0 Å². The van der Waals surface area contributed by atoms with Gasteiger partial charge < -0.3 is 4.48 Å². The van der Waals surface area contributed by atoms with Crippen molar-refractivity contribution >= 4 is 0 Å².